The van der Waals surface area contributed by atoms with Gasteiger partial charge in [-0.3, -0.25) is 0 Å². The van der Waals surface area contributed by atoms with Gasteiger partial charge in [0.15, 0.2) is 0 Å². The summed E-state index contributed by atoms with van der Waals surface area (Å²) in [7, 11) is -3.52. The molecule has 0 aromatic heterocycles. The van der Waals surface area contributed by atoms with E-state index in [-0.39, 0.29) is 29.7 Å². The molecule has 6 heteroatoms. The molecule has 0 heterocycles. The molecule has 1 saturated carbocycles. The fraction of sp³-hybridized carbons (Fsp3) is 0.667. The zero-order valence-electron chi connectivity index (χ0n) is 14.4. The molecular weight excluding hydrogens is 327 g/mol. The van der Waals surface area contributed by atoms with E-state index in [0.717, 1.165) is 36.8 Å². The van der Waals surface area contributed by atoms with Crippen LogP contribution in [-0.2, 0) is 23.1 Å². The Morgan fingerprint density at radius 3 is 2.58 bits per heavy atom. The van der Waals surface area contributed by atoms with Crippen LogP contribution in [0.5, 0.6) is 0 Å². The molecule has 24 heavy (non-hydrogen) atoms. The van der Waals surface area contributed by atoms with Crippen molar-refractivity contribution in [3.05, 3.63) is 35.1 Å². The zero-order chi connectivity index (χ0) is 17.3. The Balaban J connectivity index is 1.81. The third kappa shape index (κ3) is 3.81. The van der Waals surface area contributed by atoms with Crippen molar-refractivity contribution in [3.8, 4) is 0 Å². The monoisotopic (exact) mass is 354 g/mol. The topological polar surface area (TPSA) is 58.2 Å². The first-order chi connectivity index (χ1) is 11.4. The average Bonchev–Trinajstić information content (AvgIpc) is 2.62. The second-order valence-corrected chi connectivity index (χ2v) is 8.80. The minimum atomic E-state index is -3.52. The first-order valence-electron chi connectivity index (χ1n) is 8.95. The maximum absolute atomic E-state index is 14.2. The summed E-state index contributed by atoms with van der Waals surface area (Å²) in [5, 5.41) is 0. The molecule has 1 fully saturated rings. The van der Waals surface area contributed by atoms with Crippen molar-refractivity contribution in [2.45, 2.75) is 64.5 Å². The molecule has 0 unspecified atom stereocenters. The zero-order valence-corrected chi connectivity index (χ0v) is 15.2. The van der Waals surface area contributed by atoms with Crippen LogP contribution < -0.4 is 9.44 Å². The molecule has 4 nitrogen and oxygen atoms in total. The number of hydrogen-bond donors (Lipinski definition) is 2. The minimum Gasteiger partial charge on any atom is -0.207 e. The number of benzene rings is 1. The summed E-state index contributed by atoms with van der Waals surface area (Å²) in [6, 6.07) is 5.10. The van der Waals surface area contributed by atoms with Gasteiger partial charge in [0, 0.05) is 12.1 Å². The third-order valence-electron chi connectivity index (χ3n) is 5.59. The molecule has 1 aromatic rings. The van der Waals surface area contributed by atoms with Crippen LogP contribution in [0.3, 0.4) is 0 Å². The van der Waals surface area contributed by atoms with Gasteiger partial charge in [0.25, 0.3) is 10.2 Å². The van der Waals surface area contributed by atoms with Crippen molar-refractivity contribution >= 4 is 10.2 Å². The van der Waals surface area contributed by atoms with Gasteiger partial charge in [0.2, 0.25) is 0 Å². The van der Waals surface area contributed by atoms with E-state index in [9.17, 15) is 12.8 Å². The highest BCUT2D eigenvalue weighted by atomic mass is 32.2. The van der Waals surface area contributed by atoms with Gasteiger partial charge in [-0.15, -0.1) is 0 Å². The summed E-state index contributed by atoms with van der Waals surface area (Å²) < 4.78 is 44.7. The van der Waals surface area contributed by atoms with E-state index >= 15 is 0 Å². The van der Waals surface area contributed by atoms with Gasteiger partial charge in [0.1, 0.15) is 5.82 Å². The summed E-state index contributed by atoms with van der Waals surface area (Å²) in [5.74, 6) is 0.0392. The predicted octanol–water partition coefficient (Wildman–Crippen LogP) is 2.93. The second-order valence-electron chi connectivity index (χ2n) is 7.32. The van der Waals surface area contributed by atoms with Gasteiger partial charge in [-0.25, -0.2) is 4.39 Å². The van der Waals surface area contributed by atoms with E-state index in [0.29, 0.717) is 12.8 Å². The normalized spacial score (nSPS) is 28.0. The lowest BCUT2D eigenvalue weighted by molar-refractivity contribution is 0.297. The highest BCUT2D eigenvalue weighted by molar-refractivity contribution is 7.87. The van der Waals surface area contributed by atoms with Gasteiger partial charge in [0.05, 0.1) is 0 Å². The van der Waals surface area contributed by atoms with Crippen molar-refractivity contribution in [1.29, 1.82) is 0 Å². The highest BCUT2D eigenvalue weighted by Gasteiger charge is 2.35. The molecular formula is C18H27FN2O2S. The van der Waals surface area contributed by atoms with Gasteiger partial charge in [-0.1, -0.05) is 38.8 Å². The van der Waals surface area contributed by atoms with Crippen molar-refractivity contribution in [2.24, 2.45) is 11.8 Å². The van der Waals surface area contributed by atoms with Crippen LogP contribution in [-0.4, -0.2) is 20.5 Å². The van der Waals surface area contributed by atoms with Crippen LogP contribution in [0.25, 0.3) is 0 Å². The molecule has 134 valence electrons. The molecule has 0 spiro atoms. The summed E-state index contributed by atoms with van der Waals surface area (Å²) in [5.41, 5.74) is 1.76. The molecule has 2 N–H and O–H groups in total. The fourth-order valence-electron chi connectivity index (χ4n) is 3.92. The Morgan fingerprint density at radius 1 is 1.21 bits per heavy atom. The standard InChI is InChI=1S/C18H27FN2O2S/c1-3-13-11-14-6-4-9-17(19)16(14)10-12(2)18(13)21-24(22,23)20-15-7-5-8-15/h4,6,9,12-13,15,18,20-21H,3,5,7-8,10-11H2,1-2H3/t12-,13+,18+/m1/s1. The van der Waals surface area contributed by atoms with Crippen molar-refractivity contribution < 1.29 is 12.8 Å². The molecule has 0 radical (unpaired) electrons. The van der Waals surface area contributed by atoms with E-state index < -0.39 is 10.2 Å². The Hall–Kier alpha value is -0.980. The van der Waals surface area contributed by atoms with Crippen LogP contribution in [0.15, 0.2) is 18.2 Å². The Bertz CT molecular complexity index is 688. The maximum atomic E-state index is 14.2. The molecule has 1 aromatic carbocycles. The first kappa shape index (κ1) is 17.8. The Labute approximate surface area is 144 Å². The summed E-state index contributed by atoms with van der Waals surface area (Å²) in [6.45, 7) is 4.09. The fourth-order valence-corrected chi connectivity index (χ4v) is 5.44. The van der Waals surface area contributed by atoms with E-state index in [2.05, 4.69) is 16.4 Å². The molecule has 0 saturated heterocycles. The number of nitrogens with one attached hydrogen (secondary N) is 2. The van der Waals surface area contributed by atoms with Crippen LogP contribution >= 0.6 is 0 Å². The Morgan fingerprint density at radius 2 is 1.96 bits per heavy atom. The van der Waals surface area contributed by atoms with Gasteiger partial charge >= 0.3 is 0 Å². The maximum Gasteiger partial charge on any atom is 0.277 e. The van der Waals surface area contributed by atoms with Crippen LogP contribution in [0, 0.1) is 17.7 Å². The van der Waals surface area contributed by atoms with E-state index in [1.165, 1.54) is 6.07 Å². The van der Waals surface area contributed by atoms with Gasteiger partial charge in [-0.2, -0.15) is 17.9 Å². The molecule has 0 amide bonds. The lowest BCUT2D eigenvalue weighted by Crippen LogP contribution is -2.52. The van der Waals surface area contributed by atoms with Crippen molar-refractivity contribution in [3.63, 3.8) is 0 Å². The lowest BCUT2D eigenvalue weighted by atomic mass is 9.86. The number of rotatable bonds is 5. The number of fused-ring (bicyclic) bond motifs is 1. The van der Waals surface area contributed by atoms with Gasteiger partial charge < -0.3 is 0 Å². The van der Waals surface area contributed by atoms with E-state index in [1.54, 1.807) is 6.07 Å². The lowest BCUT2D eigenvalue weighted by Gasteiger charge is -2.32. The number of halogens is 1. The summed E-state index contributed by atoms with van der Waals surface area (Å²) in [4.78, 5) is 0. The smallest absolute Gasteiger partial charge is 0.207 e. The highest BCUT2D eigenvalue weighted by Crippen LogP contribution is 2.32. The molecule has 3 rings (SSSR count). The Kier molecular flexibility index (Phi) is 5.27. The third-order valence-corrected chi connectivity index (χ3v) is 6.81. The van der Waals surface area contributed by atoms with Crippen LogP contribution in [0.1, 0.15) is 50.7 Å². The summed E-state index contributed by atoms with van der Waals surface area (Å²) >= 11 is 0. The van der Waals surface area contributed by atoms with E-state index in [4.69, 9.17) is 0 Å². The molecule has 0 aliphatic heterocycles. The molecule has 2 aliphatic rings. The molecule has 2 aliphatic carbocycles. The quantitative estimate of drug-likeness (QED) is 0.799. The SMILES string of the molecule is CC[C@H]1Cc2cccc(F)c2C[C@@H](C)[C@@H]1NS(=O)(=O)NC1CCC1. The van der Waals surface area contributed by atoms with Crippen LogP contribution in [0.2, 0.25) is 0 Å². The van der Waals surface area contributed by atoms with Crippen molar-refractivity contribution in [1.82, 2.24) is 9.44 Å². The first-order valence-corrected chi connectivity index (χ1v) is 10.4. The summed E-state index contributed by atoms with van der Waals surface area (Å²) in [6.07, 6.45) is 5.04. The largest absolute Gasteiger partial charge is 0.277 e. The van der Waals surface area contributed by atoms with Crippen molar-refractivity contribution in [2.75, 3.05) is 0 Å². The van der Waals surface area contributed by atoms with E-state index in [1.807, 2.05) is 13.0 Å². The molecule has 0 bridgehead atoms. The number of hydrogen-bond acceptors (Lipinski definition) is 2. The van der Waals surface area contributed by atoms with Crippen LogP contribution in [0.4, 0.5) is 4.39 Å². The minimum absolute atomic E-state index is 0.0473. The predicted molar refractivity (Wildman–Crippen MR) is 93.4 cm³/mol. The van der Waals surface area contributed by atoms with Gasteiger partial charge in [-0.05, 0) is 54.7 Å². The average molecular weight is 354 g/mol. The second kappa shape index (κ2) is 7.10. The molecule has 3 atom stereocenters.